The van der Waals surface area contributed by atoms with Crippen molar-refractivity contribution in [1.29, 1.82) is 0 Å². The molecule has 24 heavy (non-hydrogen) atoms. The number of aryl methyl sites for hydroxylation is 1. The third-order valence-corrected chi connectivity index (χ3v) is 7.09. The van der Waals surface area contributed by atoms with Crippen LogP contribution >= 0.6 is 12.4 Å². The minimum absolute atomic E-state index is 0. The minimum Gasteiger partial charge on any atom is -0.316 e. The van der Waals surface area contributed by atoms with Gasteiger partial charge in [-0.3, -0.25) is 10.1 Å². The zero-order valence-corrected chi connectivity index (χ0v) is 15.3. The highest BCUT2D eigenvalue weighted by atomic mass is 35.5. The van der Waals surface area contributed by atoms with Gasteiger partial charge in [0.25, 0.3) is 5.69 Å². The standard InChI is InChI=1S/C15H21N3O4S.ClH/c1-10-5-14(18(19)20)6-15(11(10)2)23(21,22)17-4-3-12-7-16-8-13(12)9-17;/h5-6,12-13,16H,3-4,7-9H2,1-2H3;1H. The van der Waals surface area contributed by atoms with E-state index in [0.717, 1.165) is 19.5 Å². The van der Waals surface area contributed by atoms with Gasteiger partial charge in [0.15, 0.2) is 0 Å². The topological polar surface area (TPSA) is 92.5 Å². The van der Waals surface area contributed by atoms with Crippen molar-refractivity contribution in [3.63, 3.8) is 0 Å². The molecule has 1 aromatic carbocycles. The Morgan fingerprint density at radius 3 is 2.58 bits per heavy atom. The summed E-state index contributed by atoms with van der Waals surface area (Å²) < 4.78 is 27.5. The second-order valence-corrected chi connectivity index (χ2v) is 8.38. The molecule has 2 aliphatic heterocycles. The second kappa shape index (κ2) is 6.95. The van der Waals surface area contributed by atoms with Crippen LogP contribution in [0, 0.1) is 35.8 Å². The lowest BCUT2D eigenvalue weighted by Crippen LogP contribution is -2.43. The summed E-state index contributed by atoms with van der Waals surface area (Å²) in [4.78, 5) is 10.6. The first kappa shape index (κ1) is 19.1. The molecule has 1 N–H and O–H groups in total. The fraction of sp³-hybridized carbons (Fsp3) is 0.600. The molecule has 2 fully saturated rings. The van der Waals surface area contributed by atoms with Crippen molar-refractivity contribution in [1.82, 2.24) is 9.62 Å². The van der Waals surface area contributed by atoms with Crippen LogP contribution in [0.25, 0.3) is 0 Å². The van der Waals surface area contributed by atoms with Crippen LogP contribution in [0.15, 0.2) is 17.0 Å². The molecule has 2 atom stereocenters. The summed E-state index contributed by atoms with van der Waals surface area (Å²) >= 11 is 0. The number of hydrogen-bond donors (Lipinski definition) is 1. The molecule has 7 nitrogen and oxygen atoms in total. The maximum Gasteiger partial charge on any atom is 0.271 e. The van der Waals surface area contributed by atoms with E-state index in [-0.39, 0.29) is 23.0 Å². The Kier molecular flexibility index (Phi) is 5.54. The van der Waals surface area contributed by atoms with Gasteiger partial charge >= 0.3 is 0 Å². The number of hydrogen-bond acceptors (Lipinski definition) is 5. The van der Waals surface area contributed by atoms with Crippen molar-refractivity contribution < 1.29 is 13.3 Å². The lowest BCUT2D eigenvalue weighted by atomic mass is 9.90. The smallest absolute Gasteiger partial charge is 0.271 e. The normalized spacial score (nSPS) is 24.2. The molecule has 1 aromatic rings. The number of benzene rings is 1. The van der Waals surface area contributed by atoms with Crippen LogP contribution in [0.4, 0.5) is 5.69 Å². The number of nitrogens with zero attached hydrogens (tertiary/aromatic N) is 2. The number of nitro groups is 1. The van der Waals surface area contributed by atoms with Crippen molar-refractivity contribution in [3.05, 3.63) is 33.4 Å². The lowest BCUT2D eigenvalue weighted by molar-refractivity contribution is -0.385. The molecule has 2 heterocycles. The van der Waals surface area contributed by atoms with Crippen LogP contribution in [0.1, 0.15) is 17.5 Å². The highest BCUT2D eigenvalue weighted by Crippen LogP contribution is 2.33. The van der Waals surface area contributed by atoms with Crippen LogP contribution in [0.5, 0.6) is 0 Å². The first-order chi connectivity index (χ1) is 10.8. The van der Waals surface area contributed by atoms with Gasteiger partial charge in [-0.25, -0.2) is 8.42 Å². The van der Waals surface area contributed by atoms with Crippen molar-refractivity contribution >= 4 is 28.1 Å². The number of non-ortho nitro benzene ring substituents is 1. The number of rotatable bonds is 3. The highest BCUT2D eigenvalue weighted by Gasteiger charge is 2.38. The summed E-state index contributed by atoms with van der Waals surface area (Å²) in [7, 11) is -3.71. The third kappa shape index (κ3) is 3.28. The number of nitrogens with one attached hydrogen (secondary N) is 1. The summed E-state index contributed by atoms with van der Waals surface area (Å²) in [5, 5.41) is 14.4. The van der Waals surface area contributed by atoms with Gasteiger partial charge in [0.2, 0.25) is 10.0 Å². The van der Waals surface area contributed by atoms with Gasteiger partial charge in [-0.05, 0) is 56.3 Å². The van der Waals surface area contributed by atoms with Gasteiger partial charge in [-0.15, -0.1) is 12.4 Å². The number of fused-ring (bicyclic) bond motifs is 1. The molecule has 0 saturated carbocycles. The predicted molar refractivity (Wildman–Crippen MR) is 93.0 cm³/mol. The average molecular weight is 376 g/mol. The Bertz CT molecular complexity index is 753. The Balaban J connectivity index is 0.00000208. The average Bonchev–Trinajstić information content (AvgIpc) is 2.96. The van der Waals surface area contributed by atoms with Crippen LogP contribution in [0.3, 0.4) is 0 Å². The first-order valence-corrected chi connectivity index (χ1v) is 9.21. The highest BCUT2D eigenvalue weighted by molar-refractivity contribution is 7.89. The zero-order chi connectivity index (χ0) is 16.8. The molecule has 2 aliphatic rings. The van der Waals surface area contributed by atoms with Gasteiger partial charge in [0.05, 0.1) is 9.82 Å². The molecular formula is C15H22ClN3O4S. The van der Waals surface area contributed by atoms with Gasteiger partial charge in [-0.2, -0.15) is 4.31 Å². The van der Waals surface area contributed by atoms with Crippen LogP contribution < -0.4 is 5.32 Å². The molecule has 3 rings (SSSR count). The minimum atomic E-state index is -3.71. The van der Waals surface area contributed by atoms with E-state index in [9.17, 15) is 18.5 Å². The number of nitro benzene ring substituents is 1. The van der Waals surface area contributed by atoms with E-state index >= 15 is 0 Å². The number of piperidine rings is 1. The van der Waals surface area contributed by atoms with E-state index in [1.165, 1.54) is 16.4 Å². The quantitative estimate of drug-likeness (QED) is 0.643. The summed E-state index contributed by atoms with van der Waals surface area (Å²) in [6, 6.07) is 2.61. The van der Waals surface area contributed by atoms with Gasteiger partial charge in [-0.1, -0.05) is 0 Å². The number of sulfonamides is 1. The van der Waals surface area contributed by atoms with Gasteiger partial charge in [0, 0.05) is 25.2 Å². The molecule has 0 aliphatic carbocycles. The fourth-order valence-corrected chi connectivity index (χ4v) is 5.37. The molecular weight excluding hydrogens is 354 g/mol. The van der Waals surface area contributed by atoms with E-state index < -0.39 is 14.9 Å². The van der Waals surface area contributed by atoms with Crippen LogP contribution in [-0.4, -0.2) is 43.8 Å². The van der Waals surface area contributed by atoms with Gasteiger partial charge < -0.3 is 5.32 Å². The fourth-order valence-electron chi connectivity index (χ4n) is 3.54. The Hall–Kier alpha value is -1.22. The molecule has 0 amide bonds. The maximum atomic E-state index is 13.0. The summed E-state index contributed by atoms with van der Waals surface area (Å²) in [6.45, 7) is 6.16. The molecule has 0 spiro atoms. The van der Waals surface area contributed by atoms with Crippen molar-refractivity contribution in [2.24, 2.45) is 11.8 Å². The maximum absolute atomic E-state index is 13.0. The first-order valence-electron chi connectivity index (χ1n) is 7.77. The molecule has 0 bridgehead atoms. The molecule has 9 heteroatoms. The SMILES string of the molecule is Cc1cc([N+](=O)[O-])cc(S(=O)(=O)N2CCC3CNCC3C2)c1C.Cl. The van der Waals surface area contributed by atoms with Crippen molar-refractivity contribution in [2.45, 2.75) is 25.2 Å². The Morgan fingerprint density at radius 1 is 1.25 bits per heavy atom. The van der Waals surface area contributed by atoms with Crippen molar-refractivity contribution in [2.75, 3.05) is 26.2 Å². The second-order valence-electron chi connectivity index (χ2n) is 6.47. The van der Waals surface area contributed by atoms with Gasteiger partial charge in [0.1, 0.15) is 0 Å². The van der Waals surface area contributed by atoms with E-state index in [2.05, 4.69) is 5.32 Å². The summed E-state index contributed by atoms with van der Waals surface area (Å²) in [5.74, 6) is 0.869. The predicted octanol–water partition coefficient (Wildman–Crippen LogP) is 1.86. The van der Waals surface area contributed by atoms with E-state index in [4.69, 9.17) is 0 Å². The third-order valence-electron chi connectivity index (χ3n) is 5.10. The largest absolute Gasteiger partial charge is 0.316 e. The van der Waals surface area contributed by atoms with Crippen LogP contribution in [0.2, 0.25) is 0 Å². The van der Waals surface area contributed by atoms with E-state index in [1.54, 1.807) is 13.8 Å². The Labute approximate surface area is 148 Å². The zero-order valence-electron chi connectivity index (χ0n) is 13.7. The summed E-state index contributed by atoms with van der Waals surface area (Å²) in [6.07, 6.45) is 0.837. The van der Waals surface area contributed by atoms with E-state index in [1.807, 2.05) is 0 Å². The number of halogens is 1. The molecule has 2 saturated heterocycles. The molecule has 0 radical (unpaired) electrons. The van der Waals surface area contributed by atoms with Crippen molar-refractivity contribution in [3.8, 4) is 0 Å². The Morgan fingerprint density at radius 2 is 1.92 bits per heavy atom. The molecule has 0 aromatic heterocycles. The monoisotopic (exact) mass is 375 g/mol. The lowest BCUT2D eigenvalue weighted by Gasteiger charge is -2.33. The van der Waals surface area contributed by atoms with Crippen LogP contribution in [-0.2, 0) is 10.0 Å². The summed E-state index contributed by atoms with van der Waals surface area (Å²) in [5.41, 5.74) is 1.03. The molecule has 2 unspecified atom stereocenters. The van der Waals surface area contributed by atoms with E-state index in [0.29, 0.717) is 36.1 Å². The molecule has 134 valence electrons.